The number of aromatic amines is 1. The molecule has 1 atom stereocenters. The molecule has 1 unspecified atom stereocenters. The molecule has 1 aliphatic rings. The summed E-state index contributed by atoms with van der Waals surface area (Å²) in [6.45, 7) is 7.61. The maximum Gasteiger partial charge on any atom is 0.123 e. The second-order valence-corrected chi connectivity index (χ2v) is 7.03. The van der Waals surface area contributed by atoms with Crippen molar-refractivity contribution in [3.8, 4) is 11.1 Å². The number of halogens is 1. The fourth-order valence-electron chi connectivity index (χ4n) is 3.86. The number of hydrogen-bond acceptors (Lipinski definition) is 3. The quantitative estimate of drug-likeness (QED) is 0.745. The first-order valence-electron chi connectivity index (χ1n) is 9.55. The smallest absolute Gasteiger partial charge is 0.123 e. The van der Waals surface area contributed by atoms with Crippen LogP contribution in [0.5, 0.6) is 0 Å². The first kappa shape index (κ1) is 17.9. The lowest BCUT2D eigenvalue weighted by Crippen LogP contribution is -2.47. The van der Waals surface area contributed by atoms with Gasteiger partial charge in [0.2, 0.25) is 0 Å². The summed E-state index contributed by atoms with van der Waals surface area (Å²) in [6.07, 6.45) is 3.91. The van der Waals surface area contributed by atoms with Crippen molar-refractivity contribution in [3.63, 3.8) is 0 Å². The van der Waals surface area contributed by atoms with E-state index in [9.17, 15) is 4.39 Å². The van der Waals surface area contributed by atoms with Crippen LogP contribution in [0.1, 0.15) is 24.1 Å². The van der Waals surface area contributed by atoms with E-state index < -0.39 is 0 Å². The van der Waals surface area contributed by atoms with E-state index in [0.717, 1.165) is 43.9 Å². The van der Waals surface area contributed by atoms with E-state index in [0.29, 0.717) is 0 Å². The van der Waals surface area contributed by atoms with Gasteiger partial charge in [0.15, 0.2) is 0 Å². The highest BCUT2D eigenvalue weighted by molar-refractivity contribution is 5.63. The van der Waals surface area contributed by atoms with Gasteiger partial charge in [0, 0.05) is 37.9 Å². The molecule has 27 heavy (non-hydrogen) atoms. The van der Waals surface area contributed by atoms with E-state index in [1.54, 1.807) is 0 Å². The predicted molar refractivity (Wildman–Crippen MR) is 106 cm³/mol. The molecule has 0 amide bonds. The van der Waals surface area contributed by atoms with Gasteiger partial charge in [-0.2, -0.15) is 5.10 Å². The number of aromatic nitrogens is 2. The lowest BCUT2D eigenvalue weighted by molar-refractivity contribution is 0.113. The molecule has 0 radical (unpaired) electrons. The summed E-state index contributed by atoms with van der Waals surface area (Å²) in [7, 11) is 0. The van der Waals surface area contributed by atoms with Crippen LogP contribution in [-0.4, -0.2) is 52.7 Å². The molecule has 2 heterocycles. The van der Waals surface area contributed by atoms with Gasteiger partial charge in [0.25, 0.3) is 0 Å². The molecule has 0 saturated carbocycles. The standard InChI is InChI=1S/C22H25FN4/c1-2-26-11-13-27(14-12-26)22(20-15-24-25-16-20)19-5-3-17(4-6-19)18-7-9-21(23)10-8-18/h3-10,15-16,22H,2,11-14H2,1H3,(H,24,25). The van der Waals surface area contributed by atoms with Gasteiger partial charge in [0.05, 0.1) is 12.2 Å². The van der Waals surface area contributed by atoms with E-state index >= 15 is 0 Å². The van der Waals surface area contributed by atoms with Gasteiger partial charge in [-0.15, -0.1) is 0 Å². The highest BCUT2D eigenvalue weighted by atomic mass is 19.1. The zero-order valence-corrected chi connectivity index (χ0v) is 15.6. The topological polar surface area (TPSA) is 35.2 Å². The molecule has 2 aromatic carbocycles. The average Bonchev–Trinajstić information content (AvgIpc) is 3.24. The van der Waals surface area contributed by atoms with Crippen molar-refractivity contribution in [1.29, 1.82) is 0 Å². The fraction of sp³-hybridized carbons (Fsp3) is 0.318. The summed E-state index contributed by atoms with van der Waals surface area (Å²) >= 11 is 0. The van der Waals surface area contributed by atoms with Crippen LogP contribution in [0.25, 0.3) is 11.1 Å². The summed E-state index contributed by atoms with van der Waals surface area (Å²) in [6, 6.07) is 15.5. The Balaban J connectivity index is 1.60. The molecule has 1 N–H and O–H groups in total. The molecule has 1 aliphatic heterocycles. The molecule has 1 fully saturated rings. The number of piperazine rings is 1. The van der Waals surface area contributed by atoms with Crippen LogP contribution >= 0.6 is 0 Å². The van der Waals surface area contributed by atoms with Crippen LogP contribution in [0.15, 0.2) is 60.9 Å². The lowest BCUT2D eigenvalue weighted by atomic mass is 9.96. The molecule has 0 bridgehead atoms. The Labute approximate surface area is 159 Å². The molecule has 4 rings (SSSR count). The first-order valence-corrected chi connectivity index (χ1v) is 9.55. The van der Waals surface area contributed by atoms with Crippen molar-refractivity contribution in [3.05, 3.63) is 77.9 Å². The van der Waals surface area contributed by atoms with Crippen LogP contribution in [0, 0.1) is 5.82 Å². The highest BCUT2D eigenvalue weighted by Gasteiger charge is 2.26. The monoisotopic (exact) mass is 364 g/mol. The van der Waals surface area contributed by atoms with Crippen molar-refractivity contribution < 1.29 is 4.39 Å². The van der Waals surface area contributed by atoms with Gasteiger partial charge in [-0.25, -0.2) is 4.39 Å². The van der Waals surface area contributed by atoms with E-state index in [2.05, 4.69) is 51.2 Å². The molecule has 0 spiro atoms. The molecule has 3 aromatic rings. The molecule has 0 aliphatic carbocycles. The van der Waals surface area contributed by atoms with Gasteiger partial charge >= 0.3 is 0 Å². The third-order valence-electron chi connectivity index (χ3n) is 5.46. The minimum Gasteiger partial charge on any atom is -0.301 e. The van der Waals surface area contributed by atoms with Crippen LogP contribution in [0.2, 0.25) is 0 Å². The number of benzene rings is 2. The normalized spacial score (nSPS) is 17.1. The van der Waals surface area contributed by atoms with Gasteiger partial charge in [-0.05, 0) is 35.4 Å². The molecular weight excluding hydrogens is 339 g/mol. The lowest BCUT2D eigenvalue weighted by Gasteiger charge is -2.39. The number of nitrogens with one attached hydrogen (secondary N) is 1. The van der Waals surface area contributed by atoms with Crippen molar-refractivity contribution in [2.24, 2.45) is 0 Å². The van der Waals surface area contributed by atoms with E-state index in [4.69, 9.17) is 0 Å². The van der Waals surface area contributed by atoms with Crippen molar-refractivity contribution in [2.75, 3.05) is 32.7 Å². The number of hydrogen-bond donors (Lipinski definition) is 1. The third kappa shape index (κ3) is 3.94. The molecule has 4 nitrogen and oxygen atoms in total. The van der Waals surface area contributed by atoms with Crippen LogP contribution < -0.4 is 0 Å². The highest BCUT2D eigenvalue weighted by Crippen LogP contribution is 2.31. The largest absolute Gasteiger partial charge is 0.301 e. The summed E-state index contributed by atoms with van der Waals surface area (Å²) in [5.74, 6) is -0.207. The number of likely N-dealkylation sites (N-methyl/N-ethyl adjacent to an activating group) is 1. The second-order valence-electron chi connectivity index (χ2n) is 7.03. The van der Waals surface area contributed by atoms with Gasteiger partial charge in [0.1, 0.15) is 5.82 Å². The maximum absolute atomic E-state index is 13.2. The van der Waals surface area contributed by atoms with E-state index in [1.165, 1.54) is 23.3 Å². The number of H-pyrrole nitrogens is 1. The fourth-order valence-corrected chi connectivity index (χ4v) is 3.86. The predicted octanol–water partition coefficient (Wildman–Crippen LogP) is 3.94. The van der Waals surface area contributed by atoms with E-state index in [1.807, 2.05) is 24.5 Å². The van der Waals surface area contributed by atoms with Crippen LogP contribution in [0.4, 0.5) is 4.39 Å². The SMILES string of the molecule is CCN1CCN(C(c2ccc(-c3ccc(F)cc3)cc2)c2cn[nH]c2)CC1. The molecule has 1 saturated heterocycles. The molecule has 140 valence electrons. The Bertz CT molecular complexity index is 835. The molecular formula is C22H25FN4. The Morgan fingerprint density at radius 1 is 0.926 bits per heavy atom. The summed E-state index contributed by atoms with van der Waals surface area (Å²) < 4.78 is 13.2. The average molecular weight is 364 g/mol. The minimum absolute atomic E-state index is 0.199. The first-order chi connectivity index (χ1) is 13.2. The second kappa shape index (κ2) is 8.03. The van der Waals surface area contributed by atoms with Crippen molar-refractivity contribution in [1.82, 2.24) is 20.0 Å². The minimum atomic E-state index is -0.207. The Kier molecular flexibility index (Phi) is 5.32. The maximum atomic E-state index is 13.2. The van der Waals surface area contributed by atoms with Crippen LogP contribution in [-0.2, 0) is 0 Å². The van der Waals surface area contributed by atoms with Gasteiger partial charge < -0.3 is 4.90 Å². The van der Waals surface area contributed by atoms with Crippen molar-refractivity contribution >= 4 is 0 Å². The zero-order valence-electron chi connectivity index (χ0n) is 15.6. The third-order valence-corrected chi connectivity index (χ3v) is 5.46. The number of rotatable bonds is 5. The summed E-state index contributed by atoms with van der Waals surface area (Å²) in [4.78, 5) is 5.02. The molecule has 5 heteroatoms. The van der Waals surface area contributed by atoms with Crippen molar-refractivity contribution in [2.45, 2.75) is 13.0 Å². The van der Waals surface area contributed by atoms with Crippen LogP contribution in [0.3, 0.4) is 0 Å². The Hall–Kier alpha value is -2.50. The summed E-state index contributed by atoms with van der Waals surface area (Å²) in [5, 5.41) is 7.13. The Morgan fingerprint density at radius 3 is 2.11 bits per heavy atom. The molecule has 1 aromatic heterocycles. The van der Waals surface area contributed by atoms with Gasteiger partial charge in [-0.3, -0.25) is 10.00 Å². The van der Waals surface area contributed by atoms with E-state index in [-0.39, 0.29) is 11.9 Å². The summed E-state index contributed by atoms with van der Waals surface area (Å²) in [5.41, 5.74) is 4.57. The van der Waals surface area contributed by atoms with Gasteiger partial charge in [-0.1, -0.05) is 43.3 Å². The number of nitrogens with zero attached hydrogens (tertiary/aromatic N) is 3. The Morgan fingerprint density at radius 2 is 1.56 bits per heavy atom. The zero-order chi connectivity index (χ0) is 18.6.